The lowest BCUT2D eigenvalue weighted by atomic mass is 10.1. The normalized spacial score (nSPS) is 11.3. The number of fused-ring (bicyclic) bond motifs is 1. The Morgan fingerprint density at radius 3 is 2.67 bits per heavy atom. The molecule has 0 spiro atoms. The van der Waals surface area contributed by atoms with E-state index in [0.29, 0.717) is 12.1 Å². The van der Waals surface area contributed by atoms with Crippen LogP contribution in [0.4, 0.5) is 5.95 Å². The molecule has 3 rings (SSSR count). The molecule has 10 nitrogen and oxygen atoms in total. The Bertz CT molecular complexity index is 1020. The summed E-state index contributed by atoms with van der Waals surface area (Å²) in [5, 5.41) is 15.4. The first-order chi connectivity index (χ1) is 12.9. The van der Waals surface area contributed by atoms with Gasteiger partial charge in [-0.2, -0.15) is 5.21 Å². The summed E-state index contributed by atoms with van der Waals surface area (Å²) in [7, 11) is 3.95. The number of aromatic amines is 1. The maximum Gasteiger partial charge on any atom is 0.282 e. The molecule has 0 unspecified atom stereocenters. The lowest BCUT2D eigenvalue weighted by molar-refractivity contribution is 0.101. The maximum atomic E-state index is 13.0. The van der Waals surface area contributed by atoms with Crippen LogP contribution < -0.4 is 10.9 Å². The Morgan fingerprint density at radius 2 is 2.00 bits per heavy atom. The lowest BCUT2D eigenvalue weighted by Crippen LogP contribution is -2.32. The number of aryl methyl sites for hydroxylation is 3. The number of rotatable bonds is 6. The van der Waals surface area contributed by atoms with Crippen molar-refractivity contribution in [2.75, 3.05) is 26.0 Å². The third-order valence-electron chi connectivity index (χ3n) is 4.33. The number of carbonyl (C=O) groups excluding carboxylic acids is 1. The largest absolute Gasteiger partial charge is 0.309 e. The molecule has 0 fully saturated rings. The highest BCUT2D eigenvalue weighted by atomic mass is 16.2. The molecule has 0 aliphatic carbocycles. The highest BCUT2D eigenvalue weighted by Crippen LogP contribution is 2.17. The third-order valence-corrected chi connectivity index (χ3v) is 4.33. The van der Waals surface area contributed by atoms with E-state index >= 15 is 0 Å². The molecule has 3 aromatic rings. The van der Waals surface area contributed by atoms with Gasteiger partial charge in [0.05, 0.1) is 11.0 Å². The number of nitrogens with zero attached hydrogens (tertiary/aromatic N) is 6. The molecule has 0 aliphatic heterocycles. The van der Waals surface area contributed by atoms with E-state index in [1.807, 2.05) is 45.0 Å². The van der Waals surface area contributed by atoms with Gasteiger partial charge in [-0.3, -0.25) is 14.9 Å². The Kier molecular flexibility index (Phi) is 5.26. The quantitative estimate of drug-likeness (QED) is 0.656. The molecule has 0 saturated heterocycles. The molecule has 0 atom stereocenters. The zero-order valence-corrected chi connectivity index (χ0v) is 15.8. The lowest BCUT2D eigenvalue weighted by Gasteiger charge is -2.15. The van der Waals surface area contributed by atoms with Crippen LogP contribution >= 0.6 is 0 Å². The van der Waals surface area contributed by atoms with Crippen LogP contribution in [0.1, 0.15) is 28.0 Å². The van der Waals surface area contributed by atoms with Crippen molar-refractivity contribution in [3.05, 3.63) is 39.3 Å². The molecule has 0 bridgehead atoms. The first kappa shape index (κ1) is 18.6. The Hall–Kier alpha value is -3.14. The second-order valence-corrected chi connectivity index (χ2v) is 6.69. The number of hydrogen-bond acceptors (Lipinski definition) is 7. The summed E-state index contributed by atoms with van der Waals surface area (Å²) in [6.07, 6.45) is 0.769. The van der Waals surface area contributed by atoms with Crippen LogP contribution in [0.2, 0.25) is 0 Å². The number of H-pyrrole nitrogens is 1. The number of aromatic nitrogens is 6. The summed E-state index contributed by atoms with van der Waals surface area (Å²) in [5.74, 6) is -0.677. The highest BCUT2D eigenvalue weighted by molar-refractivity contribution is 6.02. The van der Waals surface area contributed by atoms with Gasteiger partial charge in [-0.15, -0.1) is 5.10 Å². The van der Waals surface area contributed by atoms with Gasteiger partial charge in [-0.25, -0.2) is 4.98 Å². The van der Waals surface area contributed by atoms with Crippen LogP contribution in [0, 0.1) is 13.8 Å². The predicted molar refractivity (Wildman–Crippen MR) is 101 cm³/mol. The van der Waals surface area contributed by atoms with Crippen molar-refractivity contribution in [1.82, 2.24) is 35.1 Å². The van der Waals surface area contributed by atoms with Crippen molar-refractivity contribution in [1.29, 1.82) is 0 Å². The first-order valence-electron chi connectivity index (χ1n) is 8.58. The van der Waals surface area contributed by atoms with Crippen LogP contribution in [0.25, 0.3) is 11.0 Å². The van der Waals surface area contributed by atoms with Gasteiger partial charge >= 0.3 is 0 Å². The standard InChI is InChI=1S/C17H22N8O2/c1-10-8-12-13(9-11(10)2)25(7-5-6-24(3)4)16(27)14(18-12)15(26)19-17-20-22-23-21-17/h8-9H,5-7H2,1-4H3,(H2,19,20,21,22,23,26). The topological polar surface area (TPSA) is 122 Å². The first-order valence-corrected chi connectivity index (χ1v) is 8.58. The molecule has 2 N–H and O–H groups in total. The van der Waals surface area contributed by atoms with Crippen molar-refractivity contribution >= 4 is 22.9 Å². The number of carbonyl (C=O) groups is 1. The fraction of sp³-hybridized carbons (Fsp3) is 0.412. The molecule has 27 heavy (non-hydrogen) atoms. The summed E-state index contributed by atoms with van der Waals surface area (Å²) < 4.78 is 1.61. The van der Waals surface area contributed by atoms with Crippen LogP contribution in [0.3, 0.4) is 0 Å². The fourth-order valence-electron chi connectivity index (χ4n) is 2.79. The number of amides is 1. The Labute approximate surface area is 155 Å². The molecular weight excluding hydrogens is 348 g/mol. The van der Waals surface area contributed by atoms with Crippen LogP contribution in [-0.2, 0) is 6.54 Å². The van der Waals surface area contributed by atoms with Crippen LogP contribution in [0.5, 0.6) is 0 Å². The minimum atomic E-state index is -0.664. The molecular formula is C17H22N8O2. The van der Waals surface area contributed by atoms with Crippen LogP contribution in [-0.4, -0.2) is 61.6 Å². The zero-order chi connectivity index (χ0) is 19.6. The minimum Gasteiger partial charge on any atom is -0.309 e. The molecule has 2 aromatic heterocycles. The molecule has 0 saturated carbocycles. The van der Waals surface area contributed by atoms with Gasteiger partial charge in [0.1, 0.15) is 0 Å². The van der Waals surface area contributed by atoms with Gasteiger partial charge in [0.15, 0.2) is 5.69 Å². The zero-order valence-electron chi connectivity index (χ0n) is 15.8. The smallest absolute Gasteiger partial charge is 0.282 e. The molecule has 1 amide bonds. The third kappa shape index (κ3) is 4.00. The van der Waals surface area contributed by atoms with Gasteiger partial charge in [-0.1, -0.05) is 5.10 Å². The monoisotopic (exact) mass is 370 g/mol. The molecule has 0 aliphatic rings. The van der Waals surface area contributed by atoms with Crippen molar-refractivity contribution < 1.29 is 4.79 Å². The van der Waals surface area contributed by atoms with Crippen LogP contribution in [0.15, 0.2) is 16.9 Å². The van der Waals surface area contributed by atoms with Gasteiger partial charge in [-0.05, 0) is 69.4 Å². The summed E-state index contributed by atoms with van der Waals surface area (Å²) in [4.78, 5) is 31.9. The summed E-state index contributed by atoms with van der Waals surface area (Å²) in [5.41, 5.74) is 2.79. The van der Waals surface area contributed by atoms with Crippen molar-refractivity contribution in [2.45, 2.75) is 26.8 Å². The van der Waals surface area contributed by atoms with Crippen molar-refractivity contribution in [2.24, 2.45) is 0 Å². The maximum absolute atomic E-state index is 13.0. The minimum absolute atomic E-state index is 0.0134. The molecule has 2 heterocycles. The van der Waals surface area contributed by atoms with Gasteiger partial charge in [0.2, 0.25) is 0 Å². The average Bonchev–Trinajstić information content (AvgIpc) is 3.11. The molecule has 1 aromatic carbocycles. The van der Waals surface area contributed by atoms with E-state index in [2.05, 4.69) is 30.9 Å². The predicted octanol–water partition coefficient (Wildman–Crippen LogP) is 0.730. The summed E-state index contributed by atoms with van der Waals surface area (Å²) in [6, 6.07) is 3.83. The van der Waals surface area contributed by atoms with E-state index in [-0.39, 0.29) is 11.6 Å². The SMILES string of the molecule is Cc1cc2nc(C(=O)Nc3nn[nH]n3)c(=O)n(CCCN(C)C)c2cc1C. The van der Waals surface area contributed by atoms with E-state index in [1.165, 1.54) is 0 Å². The van der Waals surface area contributed by atoms with Gasteiger partial charge in [0.25, 0.3) is 17.4 Å². The number of hydrogen-bond donors (Lipinski definition) is 2. The number of nitrogens with one attached hydrogen (secondary N) is 2. The molecule has 0 radical (unpaired) electrons. The highest BCUT2D eigenvalue weighted by Gasteiger charge is 2.19. The van der Waals surface area contributed by atoms with E-state index in [1.54, 1.807) is 4.57 Å². The number of benzene rings is 1. The summed E-state index contributed by atoms with van der Waals surface area (Å²) in [6.45, 7) is 5.27. The van der Waals surface area contributed by atoms with E-state index in [9.17, 15) is 9.59 Å². The van der Waals surface area contributed by atoms with E-state index in [4.69, 9.17) is 0 Å². The average molecular weight is 370 g/mol. The van der Waals surface area contributed by atoms with E-state index < -0.39 is 11.5 Å². The number of anilines is 1. The molecule has 10 heteroatoms. The van der Waals surface area contributed by atoms with Gasteiger partial charge < -0.3 is 9.47 Å². The van der Waals surface area contributed by atoms with E-state index in [0.717, 1.165) is 29.6 Å². The Balaban J connectivity index is 2.08. The van der Waals surface area contributed by atoms with Gasteiger partial charge in [0, 0.05) is 6.54 Å². The second kappa shape index (κ2) is 7.62. The van der Waals surface area contributed by atoms with Crippen molar-refractivity contribution in [3.8, 4) is 0 Å². The summed E-state index contributed by atoms with van der Waals surface area (Å²) >= 11 is 0. The second-order valence-electron chi connectivity index (χ2n) is 6.69. The fourth-order valence-corrected chi connectivity index (χ4v) is 2.79. The van der Waals surface area contributed by atoms with Crippen molar-refractivity contribution in [3.63, 3.8) is 0 Å². The number of tetrazole rings is 1. The Morgan fingerprint density at radius 1 is 1.26 bits per heavy atom. The molecule has 142 valence electrons.